The molecule has 0 bridgehead atoms. The number of carbonyl (C=O) groups excluding carboxylic acids is 1. The molecule has 0 N–H and O–H groups in total. The topological polar surface area (TPSA) is 32.8 Å². The van der Waals surface area contributed by atoms with Crippen molar-refractivity contribution in [2.45, 2.75) is 19.1 Å². The smallest absolute Gasteiger partial charge is 0.417 e. The molecular formula is C21H21F3N2O2. The highest BCUT2D eigenvalue weighted by Crippen LogP contribution is 2.32. The second kappa shape index (κ2) is 7.47. The molecule has 4 nitrogen and oxygen atoms in total. The maximum atomic E-state index is 13.2. The van der Waals surface area contributed by atoms with Gasteiger partial charge in [-0.2, -0.15) is 13.2 Å². The molecule has 4 rings (SSSR count). The summed E-state index contributed by atoms with van der Waals surface area (Å²) in [5.41, 5.74) is 1.26. The van der Waals surface area contributed by atoms with Gasteiger partial charge in [0, 0.05) is 39.1 Å². The third-order valence-corrected chi connectivity index (χ3v) is 5.28. The maximum Gasteiger partial charge on any atom is 0.417 e. The molecule has 0 atom stereocenters. The number of rotatable bonds is 3. The van der Waals surface area contributed by atoms with Gasteiger partial charge in [-0.3, -0.25) is 9.69 Å². The number of piperazine rings is 1. The van der Waals surface area contributed by atoms with Gasteiger partial charge in [0.25, 0.3) is 5.91 Å². The first-order valence-corrected chi connectivity index (χ1v) is 9.34. The molecule has 0 unspecified atom stereocenters. The normalized spacial score (nSPS) is 17.3. The van der Waals surface area contributed by atoms with Crippen LogP contribution in [0.4, 0.5) is 13.2 Å². The molecule has 0 radical (unpaired) electrons. The predicted molar refractivity (Wildman–Crippen MR) is 98.3 cm³/mol. The Bertz CT molecular complexity index is 874. The lowest BCUT2D eigenvalue weighted by Crippen LogP contribution is -2.48. The van der Waals surface area contributed by atoms with Crippen molar-refractivity contribution in [2.75, 3.05) is 32.8 Å². The highest BCUT2D eigenvalue weighted by molar-refractivity contribution is 5.96. The molecule has 0 aliphatic carbocycles. The Hall–Kier alpha value is -2.54. The molecule has 2 aliphatic rings. The van der Waals surface area contributed by atoms with Crippen molar-refractivity contribution in [3.8, 4) is 5.75 Å². The van der Waals surface area contributed by atoms with Crippen LogP contribution in [-0.2, 0) is 19.1 Å². The number of amides is 1. The van der Waals surface area contributed by atoms with Gasteiger partial charge in [-0.25, -0.2) is 0 Å². The molecule has 2 aromatic carbocycles. The van der Waals surface area contributed by atoms with Gasteiger partial charge in [-0.1, -0.05) is 24.3 Å². The summed E-state index contributed by atoms with van der Waals surface area (Å²) >= 11 is 0. The second-order valence-electron chi connectivity index (χ2n) is 7.15. The summed E-state index contributed by atoms with van der Waals surface area (Å²) in [5, 5.41) is 0. The molecule has 1 amide bonds. The zero-order valence-corrected chi connectivity index (χ0v) is 15.3. The van der Waals surface area contributed by atoms with Gasteiger partial charge >= 0.3 is 6.18 Å². The minimum atomic E-state index is -4.54. The van der Waals surface area contributed by atoms with E-state index in [9.17, 15) is 18.0 Å². The van der Waals surface area contributed by atoms with Crippen LogP contribution in [0.2, 0.25) is 0 Å². The average Bonchev–Trinajstić information content (AvgIpc) is 3.15. The lowest BCUT2D eigenvalue weighted by Gasteiger charge is -2.35. The first kappa shape index (κ1) is 18.8. The number of halogens is 3. The molecule has 2 aliphatic heterocycles. The summed E-state index contributed by atoms with van der Waals surface area (Å²) in [6.07, 6.45) is -3.62. The number of alkyl halides is 3. The van der Waals surface area contributed by atoms with E-state index in [-0.39, 0.29) is 5.56 Å². The Balaban J connectivity index is 1.39. The first-order valence-electron chi connectivity index (χ1n) is 9.34. The zero-order chi connectivity index (χ0) is 19.7. The Labute approximate surface area is 161 Å². The zero-order valence-electron chi connectivity index (χ0n) is 15.3. The lowest BCUT2D eigenvalue weighted by atomic mass is 10.1. The van der Waals surface area contributed by atoms with Crippen LogP contribution in [0, 0.1) is 0 Å². The summed E-state index contributed by atoms with van der Waals surface area (Å²) in [4.78, 5) is 16.4. The largest absolute Gasteiger partial charge is 0.493 e. The van der Waals surface area contributed by atoms with Crippen LogP contribution < -0.4 is 4.74 Å². The monoisotopic (exact) mass is 390 g/mol. The van der Waals surface area contributed by atoms with Crippen LogP contribution in [0.15, 0.2) is 42.5 Å². The van der Waals surface area contributed by atoms with E-state index in [1.54, 1.807) is 0 Å². The van der Waals surface area contributed by atoms with Crippen molar-refractivity contribution < 1.29 is 22.7 Å². The van der Waals surface area contributed by atoms with Gasteiger partial charge in [0.15, 0.2) is 0 Å². The number of fused-ring (bicyclic) bond motifs is 1. The van der Waals surface area contributed by atoms with E-state index in [0.29, 0.717) is 26.2 Å². The molecule has 2 aromatic rings. The van der Waals surface area contributed by atoms with Gasteiger partial charge in [0.05, 0.1) is 17.7 Å². The van der Waals surface area contributed by atoms with Crippen molar-refractivity contribution in [1.29, 1.82) is 0 Å². The quantitative estimate of drug-likeness (QED) is 0.803. The van der Waals surface area contributed by atoms with Gasteiger partial charge in [-0.05, 0) is 29.3 Å². The summed E-state index contributed by atoms with van der Waals surface area (Å²) in [7, 11) is 0. The predicted octanol–water partition coefficient (Wildman–Crippen LogP) is 3.60. The number of hydrogen-bond donors (Lipinski definition) is 0. The van der Waals surface area contributed by atoms with Crippen LogP contribution in [-0.4, -0.2) is 48.5 Å². The van der Waals surface area contributed by atoms with E-state index in [0.717, 1.165) is 31.4 Å². The Morgan fingerprint density at radius 1 is 1.04 bits per heavy atom. The van der Waals surface area contributed by atoms with Gasteiger partial charge in [0.1, 0.15) is 5.75 Å². The van der Waals surface area contributed by atoms with E-state index < -0.39 is 17.6 Å². The molecule has 28 heavy (non-hydrogen) atoms. The van der Waals surface area contributed by atoms with Gasteiger partial charge < -0.3 is 9.64 Å². The molecule has 1 fully saturated rings. The molecule has 1 saturated heterocycles. The fraction of sp³-hybridized carbons (Fsp3) is 0.381. The molecular weight excluding hydrogens is 369 g/mol. The van der Waals surface area contributed by atoms with Gasteiger partial charge in [-0.15, -0.1) is 0 Å². The SMILES string of the molecule is O=C(c1ccccc1C(F)(F)F)N1CCN(Cc2ccc3c(c2)CCO3)CC1. The molecule has 0 aromatic heterocycles. The third kappa shape index (κ3) is 3.85. The van der Waals surface area contributed by atoms with Crippen LogP contribution in [0.25, 0.3) is 0 Å². The van der Waals surface area contributed by atoms with Crippen molar-refractivity contribution >= 4 is 5.91 Å². The first-order chi connectivity index (χ1) is 13.4. The Morgan fingerprint density at radius 3 is 2.54 bits per heavy atom. The summed E-state index contributed by atoms with van der Waals surface area (Å²) in [6, 6.07) is 11.2. The lowest BCUT2D eigenvalue weighted by molar-refractivity contribution is -0.138. The number of benzene rings is 2. The number of ether oxygens (including phenoxy) is 1. The van der Waals surface area contributed by atoms with Crippen molar-refractivity contribution in [3.63, 3.8) is 0 Å². The third-order valence-electron chi connectivity index (χ3n) is 5.28. The molecule has 0 saturated carbocycles. The molecule has 148 valence electrons. The number of hydrogen-bond acceptors (Lipinski definition) is 3. The Kier molecular flexibility index (Phi) is 5.02. The molecule has 2 heterocycles. The summed E-state index contributed by atoms with van der Waals surface area (Å²) in [6.45, 7) is 3.58. The fourth-order valence-corrected chi connectivity index (χ4v) is 3.79. The van der Waals surface area contributed by atoms with E-state index >= 15 is 0 Å². The molecule has 7 heteroatoms. The summed E-state index contributed by atoms with van der Waals surface area (Å²) in [5.74, 6) is 0.393. The van der Waals surface area contributed by atoms with Crippen LogP contribution in [0.5, 0.6) is 5.75 Å². The van der Waals surface area contributed by atoms with E-state index in [1.165, 1.54) is 34.2 Å². The van der Waals surface area contributed by atoms with Gasteiger partial charge in [0.2, 0.25) is 0 Å². The van der Waals surface area contributed by atoms with Crippen molar-refractivity contribution in [3.05, 3.63) is 64.7 Å². The summed E-state index contributed by atoms with van der Waals surface area (Å²) < 4.78 is 45.1. The highest BCUT2D eigenvalue weighted by atomic mass is 19.4. The number of carbonyl (C=O) groups is 1. The maximum absolute atomic E-state index is 13.2. The highest BCUT2D eigenvalue weighted by Gasteiger charge is 2.36. The second-order valence-corrected chi connectivity index (χ2v) is 7.15. The molecule has 0 spiro atoms. The fourth-order valence-electron chi connectivity index (χ4n) is 3.79. The minimum absolute atomic E-state index is 0.276. The van der Waals surface area contributed by atoms with E-state index in [1.807, 2.05) is 12.1 Å². The van der Waals surface area contributed by atoms with E-state index in [4.69, 9.17) is 4.74 Å². The number of nitrogens with zero attached hydrogens (tertiary/aromatic N) is 2. The standard InChI is InChI=1S/C21H21F3N2O2/c22-21(23,24)18-4-2-1-3-17(18)20(27)26-10-8-25(9-11-26)14-15-5-6-19-16(13-15)7-12-28-19/h1-6,13H,7-12,14H2. The van der Waals surface area contributed by atoms with Crippen LogP contribution >= 0.6 is 0 Å². The Morgan fingerprint density at radius 2 is 1.79 bits per heavy atom. The van der Waals surface area contributed by atoms with Crippen molar-refractivity contribution in [2.24, 2.45) is 0 Å². The average molecular weight is 390 g/mol. The van der Waals surface area contributed by atoms with Crippen LogP contribution in [0.1, 0.15) is 27.0 Å². The van der Waals surface area contributed by atoms with E-state index in [2.05, 4.69) is 11.0 Å². The van der Waals surface area contributed by atoms with Crippen molar-refractivity contribution in [1.82, 2.24) is 9.80 Å². The van der Waals surface area contributed by atoms with Crippen LogP contribution in [0.3, 0.4) is 0 Å². The minimum Gasteiger partial charge on any atom is -0.493 e.